The number of hydrogen-bond donors (Lipinski definition) is 2. The van der Waals surface area contributed by atoms with Gasteiger partial charge in [0.25, 0.3) is 0 Å². The van der Waals surface area contributed by atoms with Gasteiger partial charge in [0.05, 0.1) is 13.7 Å². The fourth-order valence-electron chi connectivity index (χ4n) is 1.70. The zero-order chi connectivity index (χ0) is 14.3. The van der Waals surface area contributed by atoms with E-state index in [1.165, 1.54) is 0 Å². The second-order valence-corrected chi connectivity index (χ2v) is 5.34. The van der Waals surface area contributed by atoms with Gasteiger partial charge in [-0.05, 0) is 24.6 Å². The third-order valence-electron chi connectivity index (χ3n) is 2.89. The van der Waals surface area contributed by atoms with Crippen molar-refractivity contribution in [3.05, 3.63) is 23.8 Å². The maximum atomic E-state index is 9.20. The first-order valence-corrected chi connectivity index (χ1v) is 6.63. The lowest BCUT2D eigenvalue weighted by molar-refractivity contribution is 0.156. The molecular formula is C15H25NO3. The van der Waals surface area contributed by atoms with Crippen molar-refractivity contribution in [3.8, 4) is 11.5 Å². The summed E-state index contributed by atoms with van der Waals surface area (Å²) < 4.78 is 10.8. The van der Waals surface area contributed by atoms with Gasteiger partial charge in [-0.15, -0.1) is 0 Å². The molecule has 0 aliphatic carbocycles. The van der Waals surface area contributed by atoms with Crippen LogP contribution in [-0.4, -0.2) is 32.0 Å². The van der Waals surface area contributed by atoms with E-state index in [0.29, 0.717) is 6.61 Å². The molecule has 1 aromatic carbocycles. The Morgan fingerprint density at radius 1 is 1.26 bits per heavy atom. The molecule has 0 saturated carbocycles. The molecule has 19 heavy (non-hydrogen) atoms. The molecule has 0 unspecified atom stereocenters. The number of aliphatic hydroxyl groups excluding tert-OH is 1. The van der Waals surface area contributed by atoms with Crippen LogP contribution < -0.4 is 14.8 Å². The van der Waals surface area contributed by atoms with Crippen molar-refractivity contribution in [2.75, 3.05) is 26.9 Å². The topological polar surface area (TPSA) is 50.7 Å². The van der Waals surface area contributed by atoms with Crippen molar-refractivity contribution in [1.82, 2.24) is 5.32 Å². The largest absolute Gasteiger partial charge is 0.493 e. The molecule has 4 heteroatoms. The fourth-order valence-corrected chi connectivity index (χ4v) is 1.70. The van der Waals surface area contributed by atoms with Crippen LogP contribution in [0.15, 0.2) is 18.2 Å². The molecule has 1 aromatic rings. The second-order valence-electron chi connectivity index (χ2n) is 5.34. The van der Waals surface area contributed by atoms with Gasteiger partial charge in [-0.3, -0.25) is 0 Å². The van der Waals surface area contributed by atoms with E-state index in [0.717, 1.165) is 30.2 Å². The van der Waals surface area contributed by atoms with E-state index in [1.54, 1.807) is 7.11 Å². The van der Waals surface area contributed by atoms with Crippen LogP contribution in [-0.2, 0) is 6.54 Å². The summed E-state index contributed by atoms with van der Waals surface area (Å²) in [5, 5.41) is 12.5. The molecule has 0 fully saturated rings. The van der Waals surface area contributed by atoms with Gasteiger partial charge in [-0.25, -0.2) is 0 Å². The zero-order valence-electron chi connectivity index (χ0n) is 12.3. The van der Waals surface area contributed by atoms with Crippen LogP contribution in [0, 0.1) is 5.41 Å². The summed E-state index contributed by atoms with van der Waals surface area (Å²) in [6, 6.07) is 5.92. The Kier molecular flexibility index (Phi) is 6.12. The molecule has 0 heterocycles. The summed E-state index contributed by atoms with van der Waals surface area (Å²) >= 11 is 0. The summed E-state index contributed by atoms with van der Waals surface area (Å²) in [6.45, 7) is 8.30. The Labute approximate surface area is 115 Å². The molecule has 0 spiro atoms. The minimum Gasteiger partial charge on any atom is -0.493 e. The van der Waals surface area contributed by atoms with Crippen LogP contribution in [0.2, 0.25) is 0 Å². The van der Waals surface area contributed by atoms with Crippen LogP contribution >= 0.6 is 0 Å². The van der Waals surface area contributed by atoms with Gasteiger partial charge in [-0.1, -0.05) is 19.9 Å². The number of hydrogen-bond acceptors (Lipinski definition) is 4. The lowest BCUT2D eigenvalue weighted by Gasteiger charge is -2.22. The molecular weight excluding hydrogens is 242 g/mol. The summed E-state index contributed by atoms with van der Waals surface area (Å²) in [5.74, 6) is 1.52. The second kappa shape index (κ2) is 7.36. The van der Waals surface area contributed by atoms with E-state index in [9.17, 15) is 5.11 Å². The molecule has 0 saturated heterocycles. The van der Waals surface area contributed by atoms with Crippen LogP contribution in [0.4, 0.5) is 0 Å². The lowest BCUT2D eigenvalue weighted by atomic mass is 9.95. The maximum Gasteiger partial charge on any atom is 0.161 e. The lowest BCUT2D eigenvalue weighted by Crippen LogP contribution is -2.31. The van der Waals surface area contributed by atoms with E-state index in [2.05, 4.69) is 5.32 Å². The van der Waals surface area contributed by atoms with Crippen molar-refractivity contribution in [2.45, 2.75) is 27.3 Å². The van der Waals surface area contributed by atoms with E-state index in [4.69, 9.17) is 9.47 Å². The van der Waals surface area contributed by atoms with Gasteiger partial charge in [0.2, 0.25) is 0 Å². The van der Waals surface area contributed by atoms with E-state index < -0.39 is 0 Å². The van der Waals surface area contributed by atoms with Crippen LogP contribution in [0.5, 0.6) is 11.5 Å². The molecule has 0 amide bonds. The third-order valence-corrected chi connectivity index (χ3v) is 2.89. The van der Waals surface area contributed by atoms with Crippen LogP contribution in [0.3, 0.4) is 0 Å². The number of aliphatic hydroxyl groups is 1. The average Bonchev–Trinajstić information content (AvgIpc) is 2.39. The molecule has 0 aliphatic heterocycles. The minimum absolute atomic E-state index is 0.102. The maximum absolute atomic E-state index is 9.20. The summed E-state index contributed by atoms with van der Waals surface area (Å²) in [6.07, 6.45) is 0. The first kappa shape index (κ1) is 15.8. The number of ether oxygens (including phenoxy) is 2. The fraction of sp³-hybridized carbons (Fsp3) is 0.600. The molecule has 108 valence electrons. The van der Waals surface area contributed by atoms with Crippen LogP contribution in [0.25, 0.3) is 0 Å². The highest BCUT2D eigenvalue weighted by Gasteiger charge is 2.15. The van der Waals surface area contributed by atoms with Crippen molar-refractivity contribution in [3.63, 3.8) is 0 Å². The monoisotopic (exact) mass is 267 g/mol. The van der Waals surface area contributed by atoms with Gasteiger partial charge in [0, 0.05) is 25.1 Å². The zero-order valence-corrected chi connectivity index (χ0v) is 12.3. The Morgan fingerprint density at radius 2 is 2.00 bits per heavy atom. The van der Waals surface area contributed by atoms with Gasteiger partial charge in [-0.2, -0.15) is 0 Å². The summed E-state index contributed by atoms with van der Waals surface area (Å²) in [5.41, 5.74) is 1.04. The van der Waals surface area contributed by atoms with Crippen molar-refractivity contribution < 1.29 is 14.6 Å². The molecule has 4 nitrogen and oxygen atoms in total. The molecule has 2 N–H and O–H groups in total. The van der Waals surface area contributed by atoms with Gasteiger partial charge in [0.15, 0.2) is 11.5 Å². The molecule has 0 atom stereocenters. The number of benzene rings is 1. The van der Waals surface area contributed by atoms with E-state index in [-0.39, 0.29) is 12.0 Å². The van der Waals surface area contributed by atoms with Crippen molar-refractivity contribution in [1.29, 1.82) is 0 Å². The molecule has 0 aromatic heterocycles. The van der Waals surface area contributed by atoms with Crippen LogP contribution in [0.1, 0.15) is 26.3 Å². The van der Waals surface area contributed by atoms with Gasteiger partial charge in [0.1, 0.15) is 0 Å². The van der Waals surface area contributed by atoms with E-state index >= 15 is 0 Å². The number of rotatable bonds is 8. The van der Waals surface area contributed by atoms with Crippen molar-refractivity contribution in [2.24, 2.45) is 5.41 Å². The Balaban J connectivity index is 2.61. The number of methoxy groups -OCH3 is 1. The van der Waals surface area contributed by atoms with Crippen molar-refractivity contribution >= 4 is 0 Å². The minimum atomic E-state index is -0.102. The number of nitrogens with one attached hydrogen (secondary N) is 1. The molecule has 1 rings (SSSR count). The Hall–Kier alpha value is -1.26. The van der Waals surface area contributed by atoms with Gasteiger partial charge < -0.3 is 19.9 Å². The quantitative estimate of drug-likeness (QED) is 0.758. The highest BCUT2D eigenvalue weighted by atomic mass is 16.5. The standard InChI is InChI=1S/C15H25NO3/c1-5-19-14-8-12(6-7-13(14)18-4)9-16-10-15(2,3)11-17/h6-8,16-17H,5,9-11H2,1-4H3. The molecule has 0 bridgehead atoms. The Bertz CT molecular complexity index is 391. The first-order chi connectivity index (χ1) is 9.02. The third kappa shape index (κ3) is 5.09. The van der Waals surface area contributed by atoms with Gasteiger partial charge >= 0.3 is 0 Å². The molecule has 0 radical (unpaired) electrons. The van der Waals surface area contributed by atoms with E-state index in [1.807, 2.05) is 39.0 Å². The summed E-state index contributed by atoms with van der Waals surface area (Å²) in [7, 11) is 1.64. The average molecular weight is 267 g/mol. The predicted octanol–water partition coefficient (Wildman–Crippen LogP) is 2.20. The molecule has 0 aliphatic rings. The summed E-state index contributed by atoms with van der Waals surface area (Å²) in [4.78, 5) is 0. The normalized spacial score (nSPS) is 11.4. The first-order valence-electron chi connectivity index (χ1n) is 6.63. The Morgan fingerprint density at radius 3 is 2.58 bits per heavy atom. The highest BCUT2D eigenvalue weighted by molar-refractivity contribution is 5.42. The predicted molar refractivity (Wildman–Crippen MR) is 76.7 cm³/mol. The smallest absolute Gasteiger partial charge is 0.161 e. The SMILES string of the molecule is CCOc1cc(CNCC(C)(C)CO)ccc1OC. The highest BCUT2D eigenvalue weighted by Crippen LogP contribution is 2.28.